The first-order valence-electron chi connectivity index (χ1n) is 11.9. The number of nitrogens with zero attached hydrogens (tertiary/aromatic N) is 5. The summed E-state index contributed by atoms with van der Waals surface area (Å²) >= 11 is 13.3. The lowest BCUT2D eigenvalue weighted by molar-refractivity contribution is -0.130. The quantitative estimate of drug-likeness (QED) is 0.487. The van der Waals surface area contributed by atoms with E-state index in [9.17, 15) is 9.59 Å². The molecule has 12 heteroatoms. The standard InChI is InChI=1S/C25H24Cl2N6O3S/c26-16-6-7-19(27)20(13-16)36-12-11-31-10-4-5-17(31)14-18-23(28)33-25(29-24(18)35)37-21(30-33)15-22(34)32-8-2-1-3-9-32/h4-7,10,13-14,28H,1-3,8-9,11-12,15H2/b18-14-,28-23?. The Bertz CT molecular complexity index is 1350. The van der Waals surface area contributed by atoms with E-state index in [0.717, 1.165) is 32.4 Å². The lowest BCUT2D eigenvalue weighted by atomic mass is 10.1. The van der Waals surface area contributed by atoms with Crippen molar-refractivity contribution < 1.29 is 14.3 Å². The van der Waals surface area contributed by atoms with Crippen LogP contribution in [0.3, 0.4) is 0 Å². The number of hydrogen-bond acceptors (Lipinski definition) is 6. The number of likely N-dealkylation sites (tertiary alicyclic amines) is 1. The lowest BCUT2D eigenvalue weighted by Crippen LogP contribution is -2.36. The molecule has 0 spiro atoms. The first-order valence-corrected chi connectivity index (χ1v) is 13.5. The van der Waals surface area contributed by atoms with Gasteiger partial charge in [0.25, 0.3) is 5.91 Å². The second-order valence-electron chi connectivity index (χ2n) is 8.68. The maximum Gasteiger partial charge on any atom is 0.283 e. The van der Waals surface area contributed by atoms with Gasteiger partial charge < -0.3 is 14.2 Å². The zero-order valence-corrected chi connectivity index (χ0v) is 22.2. The third kappa shape index (κ3) is 5.76. The van der Waals surface area contributed by atoms with Gasteiger partial charge in [0, 0.05) is 36.1 Å². The maximum atomic E-state index is 12.8. The highest BCUT2D eigenvalue weighted by atomic mass is 35.5. The molecule has 3 aliphatic rings. The second kappa shape index (κ2) is 11.1. The van der Waals surface area contributed by atoms with Crippen LogP contribution in [0.15, 0.2) is 52.2 Å². The minimum atomic E-state index is -0.516. The molecule has 4 heterocycles. The molecule has 37 heavy (non-hydrogen) atoms. The molecule has 5 rings (SSSR count). The molecule has 2 aromatic rings. The van der Waals surface area contributed by atoms with Gasteiger partial charge in [-0.15, -0.1) is 0 Å². The number of hydrogen-bond donors (Lipinski definition) is 1. The number of amides is 2. The van der Waals surface area contributed by atoms with E-state index in [2.05, 4.69) is 10.1 Å². The molecule has 0 unspecified atom stereocenters. The fourth-order valence-corrected chi connectivity index (χ4v) is 5.45. The molecule has 0 atom stereocenters. The van der Waals surface area contributed by atoms with Crippen LogP contribution in [0.1, 0.15) is 31.4 Å². The number of nitrogens with one attached hydrogen (secondary N) is 1. The van der Waals surface area contributed by atoms with Gasteiger partial charge in [-0.05, 0) is 61.4 Å². The molecule has 192 valence electrons. The van der Waals surface area contributed by atoms with Crippen LogP contribution in [0.25, 0.3) is 6.08 Å². The van der Waals surface area contributed by atoms with Crippen LogP contribution in [0.2, 0.25) is 10.0 Å². The molecule has 1 N–H and O–H groups in total. The summed E-state index contributed by atoms with van der Waals surface area (Å²) in [7, 11) is 0. The summed E-state index contributed by atoms with van der Waals surface area (Å²) < 4.78 is 7.67. The highest BCUT2D eigenvalue weighted by molar-refractivity contribution is 8.27. The van der Waals surface area contributed by atoms with Crippen LogP contribution >= 0.6 is 35.0 Å². The molecule has 3 aliphatic heterocycles. The third-order valence-corrected chi connectivity index (χ3v) is 7.60. The highest BCUT2D eigenvalue weighted by Crippen LogP contribution is 2.30. The molecule has 9 nitrogen and oxygen atoms in total. The number of carbonyl (C=O) groups is 2. The molecule has 0 radical (unpaired) electrons. The molecule has 1 fully saturated rings. The minimum absolute atomic E-state index is 0.0131. The summed E-state index contributed by atoms with van der Waals surface area (Å²) in [6, 6.07) is 8.70. The molecule has 1 aromatic heterocycles. The van der Waals surface area contributed by atoms with Crippen LogP contribution in [-0.2, 0) is 16.1 Å². The monoisotopic (exact) mass is 558 g/mol. The highest BCUT2D eigenvalue weighted by Gasteiger charge is 2.36. The number of hydrazone groups is 1. The molecule has 0 bridgehead atoms. The number of halogens is 2. The molecule has 2 amide bonds. The minimum Gasteiger partial charge on any atom is -0.490 e. The maximum absolute atomic E-state index is 12.8. The molecule has 0 aliphatic carbocycles. The Hall–Kier alpha value is -3.08. The van der Waals surface area contributed by atoms with Crippen molar-refractivity contribution >= 4 is 68.9 Å². The average Bonchev–Trinajstić information content (AvgIpc) is 3.50. The molecular formula is C25H24Cl2N6O3S. The van der Waals surface area contributed by atoms with Gasteiger partial charge in [-0.2, -0.15) is 15.1 Å². The number of fused-ring (bicyclic) bond motifs is 1. The summed E-state index contributed by atoms with van der Waals surface area (Å²) in [5.74, 6) is -0.0830. The van der Waals surface area contributed by atoms with E-state index in [1.807, 2.05) is 27.8 Å². The molecule has 0 saturated carbocycles. The summed E-state index contributed by atoms with van der Waals surface area (Å²) in [6.07, 6.45) is 6.79. The molecule has 1 aromatic carbocycles. The fourth-order valence-electron chi connectivity index (χ4n) is 4.24. The Labute approximate surface area is 228 Å². The Morgan fingerprint density at radius 2 is 2.00 bits per heavy atom. The van der Waals surface area contributed by atoms with Gasteiger partial charge in [0.15, 0.2) is 5.84 Å². The van der Waals surface area contributed by atoms with Crippen molar-refractivity contribution in [2.24, 2.45) is 10.1 Å². The van der Waals surface area contributed by atoms with Crippen LogP contribution in [0, 0.1) is 5.41 Å². The predicted molar refractivity (Wildman–Crippen MR) is 146 cm³/mol. The average molecular weight is 559 g/mol. The number of carbonyl (C=O) groups excluding carboxylic acids is 2. The van der Waals surface area contributed by atoms with Gasteiger partial charge in [0.2, 0.25) is 11.1 Å². The van der Waals surface area contributed by atoms with E-state index in [0.29, 0.717) is 44.9 Å². The van der Waals surface area contributed by atoms with E-state index in [1.165, 1.54) is 16.8 Å². The Kier molecular flexibility index (Phi) is 7.68. The van der Waals surface area contributed by atoms with E-state index in [1.54, 1.807) is 24.3 Å². The van der Waals surface area contributed by atoms with E-state index in [-0.39, 0.29) is 23.7 Å². The normalized spacial score (nSPS) is 18.7. The number of thioether (sulfide) groups is 1. The molecule has 1 saturated heterocycles. The van der Waals surface area contributed by atoms with Crippen LogP contribution in [0.4, 0.5) is 0 Å². The van der Waals surface area contributed by atoms with Crippen molar-refractivity contribution in [1.82, 2.24) is 14.5 Å². The predicted octanol–water partition coefficient (Wildman–Crippen LogP) is 4.90. The van der Waals surface area contributed by atoms with Crippen LogP contribution in [0.5, 0.6) is 5.75 Å². The Morgan fingerprint density at radius 1 is 1.19 bits per heavy atom. The number of piperidine rings is 1. The van der Waals surface area contributed by atoms with Gasteiger partial charge in [-0.25, -0.2) is 0 Å². The van der Waals surface area contributed by atoms with Crippen molar-refractivity contribution in [2.75, 3.05) is 19.7 Å². The Morgan fingerprint density at radius 3 is 2.81 bits per heavy atom. The number of amidine groups is 2. The van der Waals surface area contributed by atoms with Crippen molar-refractivity contribution in [3.05, 3.63) is 57.8 Å². The third-order valence-electron chi connectivity index (χ3n) is 6.15. The smallest absolute Gasteiger partial charge is 0.283 e. The number of rotatable bonds is 7. The zero-order valence-electron chi connectivity index (χ0n) is 19.8. The topological polar surface area (TPSA) is 103 Å². The summed E-state index contributed by atoms with van der Waals surface area (Å²) in [6.45, 7) is 2.32. The number of ether oxygens (including phenoxy) is 1. The summed E-state index contributed by atoms with van der Waals surface area (Å²) in [5, 5.41) is 16.2. The van der Waals surface area contributed by atoms with Crippen molar-refractivity contribution in [1.29, 1.82) is 5.41 Å². The van der Waals surface area contributed by atoms with Gasteiger partial charge in [-0.3, -0.25) is 15.0 Å². The van der Waals surface area contributed by atoms with Crippen molar-refractivity contribution in [3.63, 3.8) is 0 Å². The van der Waals surface area contributed by atoms with Crippen molar-refractivity contribution in [2.45, 2.75) is 32.2 Å². The summed E-state index contributed by atoms with van der Waals surface area (Å²) in [4.78, 5) is 31.4. The number of aromatic nitrogens is 1. The van der Waals surface area contributed by atoms with Crippen LogP contribution < -0.4 is 4.74 Å². The van der Waals surface area contributed by atoms with E-state index < -0.39 is 5.91 Å². The lowest BCUT2D eigenvalue weighted by Gasteiger charge is -2.26. The fraction of sp³-hybridized carbons (Fsp3) is 0.320. The first-order chi connectivity index (χ1) is 17.9. The number of aliphatic imine (C=N–C) groups is 1. The van der Waals surface area contributed by atoms with Gasteiger partial charge in [-0.1, -0.05) is 23.2 Å². The van der Waals surface area contributed by atoms with Gasteiger partial charge >= 0.3 is 0 Å². The van der Waals surface area contributed by atoms with E-state index >= 15 is 0 Å². The van der Waals surface area contributed by atoms with Crippen LogP contribution in [-0.4, -0.2) is 62.0 Å². The Balaban J connectivity index is 1.26. The zero-order chi connectivity index (χ0) is 25.9. The largest absolute Gasteiger partial charge is 0.490 e. The van der Waals surface area contributed by atoms with Crippen molar-refractivity contribution in [3.8, 4) is 5.75 Å². The number of benzene rings is 1. The van der Waals surface area contributed by atoms with Gasteiger partial charge in [0.1, 0.15) is 17.4 Å². The van der Waals surface area contributed by atoms with E-state index in [4.69, 9.17) is 33.3 Å². The first kappa shape index (κ1) is 25.6. The SMILES string of the molecule is N=C1/C(=C/c2cccn2CCOc2cc(Cl)ccc2Cl)C(=O)N=C2SC(CC(=O)N3CCCCC3)=NN12. The van der Waals surface area contributed by atoms with Gasteiger partial charge in [0.05, 0.1) is 23.6 Å². The summed E-state index contributed by atoms with van der Waals surface area (Å²) in [5.41, 5.74) is 0.833. The molecular weight excluding hydrogens is 535 g/mol. The second-order valence-corrected chi connectivity index (χ2v) is 10.6.